The summed E-state index contributed by atoms with van der Waals surface area (Å²) in [4.78, 5) is 0. The Morgan fingerprint density at radius 2 is 0.700 bits per heavy atom. The van der Waals surface area contributed by atoms with Crippen LogP contribution in [-0.2, 0) is 0 Å². The summed E-state index contributed by atoms with van der Waals surface area (Å²) in [6, 6.07) is 0. The Morgan fingerprint density at radius 1 is 0.400 bits per heavy atom. The molecule has 0 amide bonds. The van der Waals surface area contributed by atoms with Crippen molar-refractivity contribution in [2.75, 3.05) is 0 Å². The van der Waals surface area contributed by atoms with E-state index < -0.39 is 0 Å². The number of fused-ring (bicyclic) bond motifs is 3. The predicted octanol–water partition coefficient (Wildman–Crippen LogP) is 4.68. The number of hydrogen-bond acceptors (Lipinski definition) is 0. The van der Waals surface area contributed by atoms with Gasteiger partial charge >= 0.3 is 0 Å². The van der Waals surface area contributed by atoms with Crippen LogP contribution in [0, 0.1) is 59.2 Å². The molecule has 0 heterocycles. The quantitative estimate of drug-likeness (QED) is 0.558. The minimum Gasteiger partial charge on any atom is -0.0848 e. The third-order valence-electron chi connectivity index (χ3n) is 8.55. The first-order valence-corrected chi connectivity index (χ1v) is 9.28. The summed E-state index contributed by atoms with van der Waals surface area (Å²) < 4.78 is 0. The van der Waals surface area contributed by atoms with Crippen LogP contribution in [0.15, 0.2) is 24.3 Å². The fourth-order valence-electron chi connectivity index (χ4n) is 8.23. The molecule has 6 bridgehead atoms. The second-order valence-electron chi connectivity index (χ2n) is 8.79. The van der Waals surface area contributed by atoms with E-state index in [1.807, 2.05) is 0 Å². The molecule has 9 rings (SSSR count). The van der Waals surface area contributed by atoms with Crippen LogP contribution in [0.5, 0.6) is 0 Å². The summed E-state index contributed by atoms with van der Waals surface area (Å²) in [5, 5.41) is 0. The van der Waals surface area contributed by atoms with Crippen molar-refractivity contribution in [2.45, 2.75) is 38.5 Å². The third kappa shape index (κ3) is 1.14. The maximum Gasteiger partial charge on any atom is -0.0199 e. The van der Waals surface area contributed by atoms with E-state index >= 15 is 0 Å². The van der Waals surface area contributed by atoms with Gasteiger partial charge in [0.1, 0.15) is 0 Å². The lowest BCUT2D eigenvalue weighted by atomic mass is 9.37. The standard InChI is InChI=1S/C20H26/c1-2-12-4-3-11(1)17-15-9-10-16(18(12)17)20-14-7-5-13(6-8-14)19(15)20/h1-2,5,7,11-20H,3-4,6,8-10H2/t11-,12+,13+,14-,15?,16?,17+,18-,19-,20+. The van der Waals surface area contributed by atoms with E-state index in [-0.39, 0.29) is 0 Å². The van der Waals surface area contributed by atoms with Crippen molar-refractivity contribution in [3.8, 4) is 0 Å². The molecule has 0 aromatic carbocycles. The topological polar surface area (TPSA) is 0 Å². The van der Waals surface area contributed by atoms with Crippen LogP contribution in [0.1, 0.15) is 38.5 Å². The van der Waals surface area contributed by atoms with E-state index in [0.717, 1.165) is 59.2 Å². The number of hydrogen-bond donors (Lipinski definition) is 0. The van der Waals surface area contributed by atoms with Gasteiger partial charge in [-0.25, -0.2) is 0 Å². The van der Waals surface area contributed by atoms with Gasteiger partial charge in [-0.05, 0) is 97.7 Å². The molecule has 0 nitrogen and oxygen atoms in total. The second kappa shape index (κ2) is 3.62. The van der Waals surface area contributed by atoms with Crippen molar-refractivity contribution < 1.29 is 0 Å². The summed E-state index contributed by atoms with van der Waals surface area (Å²) >= 11 is 0. The fraction of sp³-hybridized carbons (Fsp3) is 0.800. The highest BCUT2D eigenvalue weighted by Crippen LogP contribution is 2.69. The average molecular weight is 266 g/mol. The zero-order chi connectivity index (χ0) is 12.8. The van der Waals surface area contributed by atoms with E-state index in [1.165, 1.54) is 25.7 Å². The molecule has 10 atom stereocenters. The number of rotatable bonds is 0. The van der Waals surface area contributed by atoms with E-state index in [4.69, 9.17) is 0 Å². The Hall–Kier alpha value is -0.520. The summed E-state index contributed by atoms with van der Waals surface area (Å²) in [5.74, 6) is 10.5. The van der Waals surface area contributed by atoms with Gasteiger partial charge in [0, 0.05) is 0 Å². The predicted molar refractivity (Wildman–Crippen MR) is 80.9 cm³/mol. The molecule has 5 fully saturated rings. The normalized spacial score (nSPS) is 64.4. The SMILES string of the molecule is C1=C[C@H]2CC[C@@H]1[C@H]1C3CCC([C@H]12)[C@H]1[C@@H]3[C@H]2C=C[C@@H]1CC2. The Balaban J connectivity index is 1.49. The Labute approximate surface area is 122 Å². The Morgan fingerprint density at radius 3 is 0.950 bits per heavy atom. The van der Waals surface area contributed by atoms with Crippen LogP contribution in [0.2, 0.25) is 0 Å². The summed E-state index contributed by atoms with van der Waals surface area (Å²) in [7, 11) is 0. The van der Waals surface area contributed by atoms with Gasteiger partial charge in [-0.1, -0.05) is 24.3 Å². The van der Waals surface area contributed by atoms with E-state index in [0.29, 0.717) is 0 Å². The highest BCUT2D eigenvalue weighted by molar-refractivity contribution is 5.22. The first-order valence-electron chi connectivity index (χ1n) is 9.28. The smallest absolute Gasteiger partial charge is 0.0199 e. The molecule has 9 aliphatic rings. The molecule has 0 N–H and O–H groups in total. The first-order chi connectivity index (χ1) is 9.92. The van der Waals surface area contributed by atoms with Crippen molar-refractivity contribution in [1.29, 1.82) is 0 Å². The molecule has 2 unspecified atom stereocenters. The van der Waals surface area contributed by atoms with Gasteiger partial charge in [0.25, 0.3) is 0 Å². The second-order valence-corrected chi connectivity index (χ2v) is 8.79. The van der Waals surface area contributed by atoms with Gasteiger partial charge in [0.05, 0.1) is 0 Å². The Bertz CT molecular complexity index is 414. The lowest BCUT2D eigenvalue weighted by molar-refractivity contribution is -0.165. The molecule has 0 radical (unpaired) electrons. The highest BCUT2D eigenvalue weighted by Gasteiger charge is 2.62. The molecule has 0 saturated heterocycles. The van der Waals surface area contributed by atoms with Gasteiger partial charge in [0.2, 0.25) is 0 Å². The van der Waals surface area contributed by atoms with Gasteiger partial charge in [-0.15, -0.1) is 0 Å². The molecule has 106 valence electrons. The molecule has 0 aliphatic heterocycles. The summed E-state index contributed by atoms with van der Waals surface area (Å²) in [6.07, 6.45) is 19.8. The summed E-state index contributed by atoms with van der Waals surface area (Å²) in [5.41, 5.74) is 0. The molecule has 0 spiro atoms. The van der Waals surface area contributed by atoms with E-state index in [9.17, 15) is 0 Å². The minimum absolute atomic E-state index is 0.975. The van der Waals surface area contributed by atoms with Crippen molar-refractivity contribution in [2.24, 2.45) is 59.2 Å². The zero-order valence-corrected chi connectivity index (χ0v) is 12.3. The lowest BCUT2D eigenvalue weighted by Gasteiger charge is -2.67. The van der Waals surface area contributed by atoms with Crippen molar-refractivity contribution in [3.63, 3.8) is 0 Å². The monoisotopic (exact) mass is 266 g/mol. The average Bonchev–Trinajstić information content (AvgIpc) is 2.57. The van der Waals surface area contributed by atoms with Crippen LogP contribution in [0.3, 0.4) is 0 Å². The maximum absolute atomic E-state index is 2.64. The molecule has 9 aliphatic carbocycles. The van der Waals surface area contributed by atoms with E-state index in [1.54, 1.807) is 12.8 Å². The van der Waals surface area contributed by atoms with E-state index in [2.05, 4.69) is 24.3 Å². The molecule has 20 heavy (non-hydrogen) atoms. The lowest BCUT2D eigenvalue weighted by Crippen LogP contribution is -2.61. The zero-order valence-electron chi connectivity index (χ0n) is 12.3. The van der Waals surface area contributed by atoms with Crippen LogP contribution in [-0.4, -0.2) is 0 Å². The van der Waals surface area contributed by atoms with Crippen LogP contribution < -0.4 is 0 Å². The third-order valence-corrected chi connectivity index (χ3v) is 8.55. The molecular weight excluding hydrogens is 240 g/mol. The van der Waals surface area contributed by atoms with Gasteiger partial charge in [-0.2, -0.15) is 0 Å². The minimum atomic E-state index is 0.975. The van der Waals surface area contributed by atoms with Crippen molar-refractivity contribution >= 4 is 0 Å². The molecule has 5 saturated carbocycles. The molecule has 0 aromatic rings. The molecule has 0 heteroatoms. The maximum atomic E-state index is 2.64. The molecular formula is C20H26. The van der Waals surface area contributed by atoms with Gasteiger partial charge < -0.3 is 0 Å². The molecule has 0 aromatic heterocycles. The van der Waals surface area contributed by atoms with Crippen molar-refractivity contribution in [1.82, 2.24) is 0 Å². The van der Waals surface area contributed by atoms with Gasteiger partial charge in [0.15, 0.2) is 0 Å². The van der Waals surface area contributed by atoms with Crippen LogP contribution >= 0.6 is 0 Å². The largest absolute Gasteiger partial charge is 0.0848 e. The van der Waals surface area contributed by atoms with Crippen LogP contribution in [0.25, 0.3) is 0 Å². The highest BCUT2D eigenvalue weighted by atomic mass is 14.7. The number of allylic oxidation sites excluding steroid dienone is 4. The van der Waals surface area contributed by atoms with Crippen LogP contribution in [0.4, 0.5) is 0 Å². The van der Waals surface area contributed by atoms with Gasteiger partial charge in [-0.3, -0.25) is 0 Å². The Kier molecular flexibility index (Phi) is 2.01. The first kappa shape index (κ1) is 11.1. The summed E-state index contributed by atoms with van der Waals surface area (Å²) in [6.45, 7) is 0. The fourth-order valence-corrected chi connectivity index (χ4v) is 8.23. The van der Waals surface area contributed by atoms with Crippen molar-refractivity contribution in [3.05, 3.63) is 24.3 Å².